The number of rotatable bonds is 7. The third-order valence-corrected chi connectivity index (χ3v) is 5.34. The molecule has 0 saturated carbocycles. The van der Waals surface area contributed by atoms with Crippen molar-refractivity contribution in [1.29, 1.82) is 0 Å². The second-order valence-corrected chi connectivity index (χ2v) is 7.27. The number of amides is 1. The molecule has 1 aromatic heterocycles. The van der Waals surface area contributed by atoms with Crippen molar-refractivity contribution in [2.75, 3.05) is 39.5 Å². The van der Waals surface area contributed by atoms with Crippen LogP contribution in [0.15, 0.2) is 24.3 Å². The zero-order valence-electron chi connectivity index (χ0n) is 17.6. The molecule has 1 amide bonds. The van der Waals surface area contributed by atoms with Crippen LogP contribution in [0, 0.1) is 19.7 Å². The van der Waals surface area contributed by atoms with Gasteiger partial charge in [0, 0.05) is 25.3 Å². The summed E-state index contributed by atoms with van der Waals surface area (Å²) in [5.41, 5.74) is 2.82. The van der Waals surface area contributed by atoms with E-state index in [1.54, 1.807) is 32.9 Å². The first kappa shape index (κ1) is 22.0. The summed E-state index contributed by atoms with van der Waals surface area (Å²) in [6.07, 6.45) is 0. The summed E-state index contributed by atoms with van der Waals surface area (Å²) in [5.74, 6) is -1.04. The van der Waals surface area contributed by atoms with Gasteiger partial charge in [0.1, 0.15) is 11.5 Å². The van der Waals surface area contributed by atoms with Crippen LogP contribution in [0.5, 0.6) is 0 Å². The molecule has 1 atom stereocenters. The molecule has 2 aromatic rings. The Morgan fingerprint density at radius 1 is 1.23 bits per heavy atom. The van der Waals surface area contributed by atoms with Crippen LogP contribution in [0.25, 0.3) is 0 Å². The highest BCUT2D eigenvalue weighted by Gasteiger charge is 2.26. The standard InChI is InChI=1S/C22H28FN3O4/c1-4-30-22(28)19-14(2)20(25-15(19)3)21(27)24-13-18(26-9-11-29-12-10-26)16-5-7-17(23)8-6-16/h5-8,18,25H,4,9-13H2,1-3H3,(H,24,27). The summed E-state index contributed by atoms with van der Waals surface area (Å²) in [4.78, 5) is 30.3. The Labute approximate surface area is 175 Å². The lowest BCUT2D eigenvalue weighted by atomic mass is 10.0. The highest BCUT2D eigenvalue weighted by molar-refractivity contribution is 6.00. The third kappa shape index (κ3) is 4.88. The highest BCUT2D eigenvalue weighted by atomic mass is 19.1. The Hall–Kier alpha value is -2.71. The van der Waals surface area contributed by atoms with Crippen LogP contribution in [0.3, 0.4) is 0 Å². The average Bonchev–Trinajstić information content (AvgIpc) is 3.04. The lowest BCUT2D eigenvalue weighted by molar-refractivity contribution is 0.0162. The molecule has 2 N–H and O–H groups in total. The van der Waals surface area contributed by atoms with Crippen LogP contribution in [0.4, 0.5) is 4.39 Å². The number of hydrogen-bond acceptors (Lipinski definition) is 5. The molecule has 1 aliphatic heterocycles. The van der Waals surface area contributed by atoms with Crippen LogP contribution in [-0.2, 0) is 9.47 Å². The smallest absolute Gasteiger partial charge is 0.340 e. The molecule has 8 heteroatoms. The molecule has 1 fully saturated rings. The molecule has 0 bridgehead atoms. The fourth-order valence-corrected chi connectivity index (χ4v) is 3.80. The van der Waals surface area contributed by atoms with Gasteiger partial charge in [0.05, 0.1) is 31.4 Å². The highest BCUT2D eigenvalue weighted by Crippen LogP contribution is 2.23. The zero-order chi connectivity index (χ0) is 21.7. The Morgan fingerprint density at radius 2 is 1.90 bits per heavy atom. The average molecular weight is 417 g/mol. The van der Waals surface area contributed by atoms with Crippen molar-refractivity contribution in [2.24, 2.45) is 0 Å². The molecule has 1 aliphatic rings. The van der Waals surface area contributed by atoms with E-state index in [1.165, 1.54) is 12.1 Å². The fraction of sp³-hybridized carbons (Fsp3) is 0.455. The van der Waals surface area contributed by atoms with E-state index in [-0.39, 0.29) is 24.4 Å². The maximum atomic E-state index is 13.4. The first-order valence-electron chi connectivity index (χ1n) is 10.1. The molecule has 162 valence electrons. The lowest BCUT2D eigenvalue weighted by Crippen LogP contribution is -2.44. The number of H-pyrrole nitrogens is 1. The van der Waals surface area contributed by atoms with E-state index in [1.807, 2.05) is 0 Å². The van der Waals surface area contributed by atoms with Gasteiger partial charge in [0.15, 0.2) is 0 Å². The van der Waals surface area contributed by atoms with Crippen LogP contribution >= 0.6 is 0 Å². The Morgan fingerprint density at radius 3 is 2.53 bits per heavy atom. The van der Waals surface area contributed by atoms with Crippen molar-refractivity contribution >= 4 is 11.9 Å². The number of carbonyl (C=O) groups excluding carboxylic acids is 2. The van der Waals surface area contributed by atoms with Gasteiger partial charge < -0.3 is 19.8 Å². The van der Waals surface area contributed by atoms with E-state index in [2.05, 4.69) is 15.2 Å². The van der Waals surface area contributed by atoms with Crippen LogP contribution in [0.2, 0.25) is 0 Å². The monoisotopic (exact) mass is 417 g/mol. The number of carbonyl (C=O) groups is 2. The van der Waals surface area contributed by atoms with Gasteiger partial charge in [0.25, 0.3) is 5.91 Å². The summed E-state index contributed by atoms with van der Waals surface area (Å²) >= 11 is 0. The quantitative estimate of drug-likeness (QED) is 0.677. The molecule has 1 aromatic carbocycles. The molecule has 0 aliphatic carbocycles. The van der Waals surface area contributed by atoms with Crippen molar-refractivity contribution in [3.8, 4) is 0 Å². The Balaban J connectivity index is 1.76. The minimum atomic E-state index is -0.444. The van der Waals surface area contributed by atoms with Gasteiger partial charge in [-0.25, -0.2) is 9.18 Å². The van der Waals surface area contributed by atoms with Crippen molar-refractivity contribution in [2.45, 2.75) is 26.8 Å². The molecular formula is C22H28FN3O4. The molecule has 0 spiro atoms. The van der Waals surface area contributed by atoms with Crippen molar-refractivity contribution < 1.29 is 23.5 Å². The molecular weight excluding hydrogens is 389 g/mol. The number of hydrogen-bond donors (Lipinski definition) is 2. The lowest BCUT2D eigenvalue weighted by Gasteiger charge is -2.35. The molecule has 7 nitrogen and oxygen atoms in total. The van der Waals surface area contributed by atoms with E-state index in [4.69, 9.17) is 9.47 Å². The summed E-state index contributed by atoms with van der Waals surface area (Å²) in [5, 5.41) is 2.96. The molecule has 1 unspecified atom stereocenters. The van der Waals surface area contributed by atoms with Gasteiger partial charge >= 0.3 is 5.97 Å². The number of nitrogens with one attached hydrogen (secondary N) is 2. The second-order valence-electron chi connectivity index (χ2n) is 7.27. The van der Waals surface area contributed by atoms with Crippen LogP contribution < -0.4 is 5.32 Å². The van der Waals surface area contributed by atoms with E-state index in [0.717, 1.165) is 18.7 Å². The summed E-state index contributed by atoms with van der Waals surface area (Å²) in [6, 6.07) is 6.22. The molecule has 1 saturated heterocycles. The van der Waals surface area contributed by atoms with Crippen molar-refractivity contribution in [1.82, 2.24) is 15.2 Å². The second kappa shape index (κ2) is 9.86. The number of ether oxygens (including phenoxy) is 2. The molecule has 2 heterocycles. The van der Waals surface area contributed by atoms with Crippen LogP contribution in [0.1, 0.15) is 50.6 Å². The number of morpholine rings is 1. The number of aromatic amines is 1. The van der Waals surface area contributed by atoms with Gasteiger partial charge in [-0.05, 0) is 44.0 Å². The predicted octanol–water partition coefficient (Wildman–Crippen LogP) is 2.75. The SMILES string of the molecule is CCOC(=O)c1c(C)[nH]c(C(=O)NCC(c2ccc(F)cc2)N2CCOCC2)c1C. The first-order valence-corrected chi connectivity index (χ1v) is 10.1. The first-order chi connectivity index (χ1) is 14.4. The van der Waals surface area contributed by atoms with Crippen molar-refractivity contribution in [3.63, 3.8) is 0 Å². The van der Waals surface area contributed by atoms with Crippen molar-refractivity contribution in [3.05, 3.63) is 58.2 Å². The van der Waals surface area contributed by atoms with E-state index < -0.39 is 5.97 Å². The number of aryl methyl sites for hydroxylation is 1. The Kier molecular flexibility index (Phi) is 7.23. The molecule has 3 rings (SSSR count). The number of aromatic nitrogens is 1. The van der Waals surface area contributed by atoms with E-state index in [0.29, 0.717) is 42.3 Å². The van der Waals surface area contributed by atoms with Crippen LogP contribution in [-0.4, -0.2) is 61.2 Å². The van der Waals surface area contributed by atoms with Gasteiger partial charge in [-0.1, -0.05) is 12.1 Å². The molecule has 0 radical (unpaired) electrons. The third-order valence-electron chi connectivity index (χ3n) is 5.34. The number of halogens is 1. The van der Waals surface area contributed by atoms with Gasteiger partial charge in [-0.3, -0.25) is 9.69 Å². The van der Waals surface area contributed by atoms with E-state index >= 15 is 0 Å². The van der Waals surface area contributed by atoms with Gasteiger partial charge in [0.2, 0.25) is 0 Å². The minimum absolute atomic E-state index is 0.112. The Bertz CT molecular complexity index is 889. The van der Waals surface area contributed by atoms with Gasteiger partial charge in [-0.2, -0.15) is 0 Å². The fourth-order valence-electron chi connectivity index (χ4n) is 3.80. The number of benzene rings is 1. The zero-order valence-corrected chi connectivity index (χ0v) is 17.6. The minimum Gasteiger partial charge on any atom is -0.462 e. The summed E-state index contributed by atoms with van der Waals surface area (Å²) in [7, 11) is 0. The topological polar surface area (TPSA) is 83.7 Å². The molecule has 30 heavy (non-hydrogen) atoms. The summed E-state index contributed by atoms with van der Waals surface area (Å²) in [6.45, 7) is 8.50. The van der Waals surface area contributed by atoms with E-state index in [9.17, 15) is 14.0 Å². The normalized spacial score (nSPS) is 15.6. The summed E-state index contributed by atoms with van der Waals surface area (Å²) < 4.78 is 23.9. The number of esters is 1. The maximum Gasteiger partial charge on any atom is 0.340 e. The maximum absolute atomic E-state index is 13.4. The number of nitrogens with zero attached hydrogens (tertiary/aromatic N) is 1. The predicted molar refractivity (Wildman–Crippen MR) is 110 cm³/mol. The van der Waals surface area contributed by atoms with Gasteiger partial charge in [-0.15, -0.1) is 0 Å². The largest absolute Gasteiger partial charge is 0.462 e.